The Balaban J connectivity index is 2.49. The van der Waals surface area contributed by atoms with Gasteiger partial charge in [-0.1, -0.05) is 18.2 Å². The fraction of sp³-hybridized carbons (Fsp3) is 0.421. The Kier molecular flexibility index (Phi) is 9.87. The van der Waals surface area contributed by atoms with E-state index in [1.54, 1.807) is 18.3 Å². The van der Waals surface area contributed by atoms with Crippen molar-refractivity contribution < 1.29 is 22.7 Å². The van der Waals surface area contributed by atoms with E-state index in [-0.39, 0.29) is 31.0 Å². The van der Waals surface area contributed by atoms with Gasteiger partial charge in [0.1, 0.15) is 17.6 Å². The van der Waals surface area contributed by atoms with Crippen LogP contribution in [0.4, 0.5) is 13.2 Å². The molecule has 0 aliphatic rings. The first-order chi connectivity index (χ1) is 13.6. The molecule has 0 spiro atoms. The Morgan fingerprint density at radius 3 is 2.79 bits per heavy atom. The largest absolute Gasteiger partial charge is 0.433 e. The van der Waals surface area contributed by atoms with E-state index in [1.807, 2.05) is 6.92 Å². The summed E-state index contributed by atoms with van der Waals surface area (Å²) in [4.78, 5) is 12.0. The second-order valence-corrected chi connectivity index (χ2v) is 6.36. The molecule has 0 aromatic heterocycles. The Morgan fingerprint density at radius 2 is 2.14 bits per heavy atom. The summed E-state index contributed by atoms with van der Waals surface area (Å²) in [6, 6.07) is 5.91. The number of nitrogens with zero attached hydrogens (tertiary/aromatic N) is 1. The molecule has 1 amide bonds. The lowest BCUT2D eigenvalue weighted by Gasteiger charge is -2.18. The van der Waals surface area contributed by atoms with Crippen molar-refractivity contribution in [1.82, 2.24) is 15.6 Å². The highest BCUT2D eigenvalue weighted by Gasteiger charge is 2.23. The highest BCUT2D eigenvalue weighted by Crippen LogP contribution is 2.21. The molecule has 162 valence electrons. The van der Waals surface area contributed by atoms with Crippen LogP contribution in [0.5, 0.6) is 5.75 Å². The number of hydrazine groups is 1. The molecule has 6 N–H and O–H groups in total. The van der Waals surface area contributed by atoms with Crippen LogP contribution < -0.4 is 26.9 Å². The van der Waals surface area contributed by atoms with Gasteiger partial charge in [-0.05, 0) is 37.2 Å². The minimum Gasteiger partial charge on any atom is -0.433 e. The van der Waals surface area contributed by atoms with E-state index in [9.17, 15) is 18.0 Å². The summed E-state index contributed by atoms with van der Waals surface area (Å²) in [5, 5.41) is 6.45. The molecule has 1 unspecified atom stereocenters. The van der Waals surface area contributed by atoms with Crippen molar-refractivity contribution in [1.29, 1.82) is 0 Å². The molecule has 0 radical (unpaired) electrons. The summed E-state index contributed by atoms with van der Waals surface area (Å²) < 4.78 is 44.1. The number of hydrogen-bond donors (Lipinski definition) is 4. The number of amides is 1. The molecule has 7 nitrogen and oxygen atoms in total. The van der Waals surface area contributed by atoms with E-state index in [1.165, 1.54) is 18.2 Å². The molecule has 1 aromatic rings. The van der Waals surface area contributed by atoms with Crippen LogP contribution in [0.25, 0.3) is 0 Å². The van der Waals surface area contributed by atoms with Crippen molar-refractivity contribution in [2.24, 2.45) is 11.6 Å². The van der Waals surface area contributed by atoms with Gasteiger partial charge in [0.15, 0.2) is 0 Å². The third-order valence-electron chi connectivity index (χ3n) is 3.51. The van der Waals surface area contributed by atoms with Crippen molar-refractivity contribution in [3.05, 3.63) is 54.0 Å². The first-order valence-corrected chi connectivity index (χ1v) is 9.02. The van der Waals surface area contributed by atoms with Crippen molar-refractivity contribution in [2.45, 2.75) is 39.1 Å². The number of carbonyl (C=O) groups excluding carboxylic acids is 1. The monoisotopic (exact) mass is 415 g/mol. The number of rotatable bonds is 12. The van der Waals surface area contributed by atoms with Gasteiger partial charge in [0.05, 0.1) is 6.54 Å². The molecule has 10 heteroatoms. The fourth-order valence-electron chi connectivity index (χ4n) is 2.26. The molecule has 0 heterocycles. The lowest BCUT2D eigenvalue weighted by atomic mass is 10.2. The second kappa shape index (κ2) is 11.8. The summed E-state index contributed by atoms with van der Waals surface area (Å²) in [5.41, 5.74) is 6.00. The Hall–Kier alpha value is -2.88. The third kappa shape index (κ3) is 10.9. The Morgan fingerprint density at radius 1 is 1.41 bits per heavy atom. The molecule has 0 bridgehead atoms. The van der Waals surface area contributed by atoms with Crippen molar-refractivity contribution >= 4 is 5.91 Å². The Bertz CT molecular complexity index is 707. The van der Waals surface area contributed by atoms with Gasteiger partial charge in [0.2, 0.25) is 0 Å². The summed E-state index contributed by atoms with van der Waals surface area (Å²) in [5.74, 6) is 5.01. The smallest absolute Gasteiger partial charge is 0.394 e. The van der Waals surface area contributed by atoms with Crippen LogP contribution in [0.2, 0.25) is 0 Å². The van der Waals surface area contributed by atoms with Gasteiger partial charge < -0.3 is 26.1 Å². The van der Waals surface area contributed by atoms with Gasteiger partial charge in [-0.3, -0.25) is 4.79 Å². The molecule has 0 saturated heterocycles. The van der Waals surface area contributed by atoms with E-state index < -0.39 is 18.2 Å². The van der Waals surface area contributed by atoms with Gasteiger partial charge in [0, 0.05) is 26.2 Å². The van der Waals surface area contributed by atoms with Crippen LogP contribution >= 0.6 is 0 Å². The first kappa shape index (κ1) is 24.2. The zero-order chi connectivity index (χ0) is 21.9. The zero-order valence-electron chi connectivity index (χ0n) is 16.5. The molecule has 1 aromatic carbocycles. The lowest BCUT2D eigenvalue weighted by molar-refractivity contribution is -0.159. The van der Waals surface area contributed by atoms with Gasteiger partial charge in [-0.2, -0.15) is 8.78 Å². The topological polar surface area (TPSA) is 106 Å². The van der Waals surface area contributed by atoms with Gasteiger partial charge in [-0.15, -0.1) is 0 Å². The van der Waals surface area contributed by atoms with Gasteiger partial charge in [0.25, 0.3) is 5.91 Å². The van der Waals surface area contributed by atoms with Crippen LogP contribution in [0.1, 0.15) is 25.8 Å². The molecule has 0 aliphatic heterocycles. The molecule has 1 atom stereocenters. The summed E-state index contributed by atoms with van der Waals surface area (Å²) >= 11 is 0. The zero-order valence-corrected chi connectivity index (χ0v) is 16.5. The van der Waals surface area contributed by atoms with Gasteiger partial charge >= 0.3 is 6.11 Å². The van der Waals surface area contributed by atoms with Crippen LogP contribution in [0, 0.1) is 0 Å². The van der Waals surface area contributed by atoms with E-state index in [0.717, 1.165) is 11.2 Å². The van der Waals surface area contributed by atoms with E-state index in [0.29, 0.717) is 19.0 Å². The SMILES string of the molecule is C/C=C\NCCC(F)CN(N)/C=C(\N)C(=O)NCc1cccc(OC(C)(F)F)c1. The minimum absolute atomic E-state index is 0.0289. The van der Waals surface area contributed by atoms with Crippen molar-refractivity contribution in [2.75, 3.05) is 13.1 Å². The number of nitrogens with two attached hydrogens (primary N) is 2. The number of nitrogens with one attached hydrogen (secondary N) is 2. The third-order valence-corrected chi connectivity index (χ3v) is 3.51. The van der Waals surface area contributed by atoms with Crippen molar-refractivity contribution in [3.8, 4) is 5.75 Å². The molecular formula is C19H28F3N5O2. The predicted octanol–water partition coefficient (Wildman–Crippen LogP) is 2.12. The molecule has 0 saturated carbocycles. The lowest BCUT2D eigenvalue weighted by Crippen LogP contribution is -2.36. The van der Waals surface area contributed by atoms with E-state index in [4.69, 9.17) is 11.6 Å². The number of ether oxygens (including phenoxy) is 1. The highest BCUT2D eigenvalue weighted by atomic mass is 19.3. The van der Waals surface area contributed by atoms with Crippen LogP contribution in [-0.2, 0) is 11.3 Å². The average molecular weight is 415 g/mol. The normalized spacial score (nSPS) is 13.2. The Labute approximate surface area is 168 Å². The number of allylic oxidation sites excluding steroid dienone is 1. The maximum absolute atomic E-state index is 13.8. The van der Waals surface area contributed by atoms with Crippen LogP contribution in [-0.4, -0.2) is 36.3 Å². The van der Waals surface area contributed by atoms with Crippen LogP contribution in [0.15, 0.2) is 48.4 Å². The maximum atomic E-state index is 13.8. The quantitative estimate of drug-likeness (QED) is 0.180. The van der Waals surface area contributed by atoms with E-state index in [2.05, 4.69) is 15.4 Å². The summed E-state index contributed by atoms with van der Waals surface area (Å²) in [6.07, 6.45) is 0.379. The molecular weight excluding hydrogens is 387 g/mol. The molecule has 1 rings (SSSR count). The maximum Gasteiger partial charge on any atom is 0.394 e. The highest BCUT2D eigenvalue weighted by molar-refractivity contribution is 5.92. The minimum atomic E-state index is -3.31. The fourth-order valence-corrected chi connectivity index (χ4v) is 2.26. The number of alkyl halides is 3. The summed E-state index contributed by atoms with van der Waals surface area (Å²) in [7, 11) is 0. The molecule has 0 fully saturated rings. The molecule has 0 aliphatic carbocycles. The number of benzene rings is 1. The number of carbonyl (C=O) groups is 1. The van der Waals surface area contributed by atoms with Crippen LogP contribution in [0.3, 0.4) is 0 Å². The second-order valence-electron chi connectivity index (χ2n) is 6.36. The summed E-state index contributed by atoms with van der Waals surface area (Å²) in [6.45, 7) is 2.83. The number of halogens is 3. The first-order valence-electron chi connectivity index (χ1n) is 9.02. The molecule has 29 heavy (non-hydrogen) atoms. The van der Waals surface area contributed by atoms with Gasteiger partial charge in [-0.25, -0.2) is 10.2 Å². The average Bonchev–Trinajstić information content (AvgIpc) is 2.62. The predicted molar refractivity (Wildman–Crippen MR) is 105 cm³/mol. The number of hydrogen-bond acceptors (Lipinski definition) is 6. The van der Waals surface area contributed by atoms with E-state index >= 15 is 0 Å². The standard InChI is InChI=1S/C19H28F3N5O2/c1-3-8-25-9-7-15(20)12-27(24)13-17(23)18(28)26-11-14-5-4-6-16(10-14)29-19(2,21)22/h3-6,8,10,13,15,25H,7,9,11-12,23-24H2,1-2H3,(H,26,28)/b8-3-,17-13-. The van der Waals surface area contributed by atoms with Crippen molar-refractivity contribution in [3.63, 3.8) is 0 Å².